The van der Waals surface area contributed by atoms with Crippen LogP contribution in [0.4, 0.5) is 0 Å². The first kappa shape index (κ1) is 13.4. The summed E-state index contributed by atoms with van der Waals surface area (Å²) in [7, 11) is 0. The zero-order chi connectivity index (χ0) is 12.6. The van der Waals surface area contributed by atoms with E-state index in [1.54, 1.807) is 19.9 Å². The van der Waals surface area contributed by atoms with Gasteiger partial charge in [-0.05, 0) is 32.4 Å². The summed E-state index contributed by atoms with van der Waals surface area (Å²) in [6.07, 6.45) is 2.78. The van der Waals surface area contributed by atoms with Crippen LogP contribution in [0.5, 0.6) is 0 Å². The van der Waals surface area contributed by atoms with Crippen molar-refractivity contribution >= 4 is 0 Å². The van der Waals surface area contributed by atoms with Gasteiger partial charge in [-0.15, -0.1) is 0 Å². The van der Waals surface area contributed by atoms with Crippen LogP contribution in [0, 0.1) is 0 Å². The van der Waals surface area contributed by atoms with E-state index in [1.807, 2.05) is 0 Å². The minimum atomic E-state index is -1.30. The SMILES string of the molecule is CC(C)(O)/C=C/C1=C[C@H](O)[C@](C)(O)C[C@@H]1O. The Balaban J connectivity index is 2.87. The molecule has 0 aromatic rings. The number of hydrogen-bond donors (Lipinski definition) is 4. The van der Waals surface area contributed by atoms with Crippen molar-refractivity contribution < 1.29 is 20.4 Å². The van der Waals surface area contributed by atoms with E-state index in [4.69, 9.17) is 0 Å². The van der Waals surface area contributed by atoms with Crippen molar-refractivity contribution in [3.05, 3.63) is 23.8 Å². The molecule has 4 N–H and O–H groups in total. The predicted octanol–water partition coefficient (Wildman–Crippen LogP) is 0.116. The van der Waals surface area contributed by atoms with Crippen molar-refractivity contribution in [2.24, 2.45) is 0 Å². The third kappa shape index (κ3) is 3.42. The third-order valence-electron chi connectivity index (χ3n) is 2.66. The van der Waals surface area contributed by atoms with Gasteiger partial charge < -0.3 is 20.4 Å². The van der Waals surface area contributed by atoms with Crippen molar-refractivity contribution in [2.75, 3.05) is 0 Å². The molecule has 0 spiro atoms. The number of rotatable bonds is 2. The lowest BCUT2D eigenvalue weighted by molar-refractivity contribution is -0.0706. The molecule has 3 atom stereocenters. The molecule has 0 fully saturated rings. The van der Waals surface area contributed by atoms with Crippen LogP contribution in [0.2, 0.25) is 0 Å². The molecule has 4 heteroatoms. The fourth-order valence-corrected chi connectivity index (χ4v) is 1.57. The highest BCUT2D eigenvalue weighted by Crippen LogP contribution is 2.28. The Morgan fingerprint density at radius 3 is 2.50 bits per heavy atom. The highest BCUT2D eigenvalue weighted by molar-refractivity contribution is 5.30. The molecule has 0 saturated carbocycles. The summed E-state index contributed by atoms with van der Waals surface area (Å²) >= 11 is 0. The molecule has 0 radical (unpaired) electrons. The molecule has 1 rings (SSSR count). The number of aliphatic hydroxyl groups excluding tert-OH is 2. The molecule has 4 nitrogen and oxygen atoms in total. The zero-order valence-electron chi connectivity index (χ0n) is 9.88. The highest BCUT2D eigenvalue weighted by atomic mass is 16.3. The summed E-state index contributed by atoms with van der Waals surface area (Å²) < 4.78 is 0. The van der Waals surface area contributed by atoms with Gasteiger partial charge in [0.25, 0.3) is 0 Å². The van der Waals surface area contributed by atoms with E-state index in [0.29, 0.717) is 5.57 Å². The minimum Gasteiger partial charge on any atom is -0.388 e. The van der Waals surface area contributed by atoms with E-state index in [0.717, 1.165) is 0 Å². The monoisotopic (exact) mass is 228 g/mol. The second-order valence-corrected chi connectivity index (χ2v) is 5.18. The largest absolute Gasteiger partial charge is 0.388 e. The highest BCUT2D eigenvalue weighted by Gasteiger charge is 2.36. The van der Waals surface area contributed by atoms with E-state index in [1.165, 1.54) is 19.1 Å². The summed E-state index contributed by atoms with van der Waals surface area (Å²) in [5, 5.41) is 38.6. The summed E-state index contributed by atoms with van der Waals surface area (Å²) in [5.74, 6) is 0. The van der Waals surface area contributed by atoms with Crippen LogP contribution in [0.15, 0.2) is 23.8 Å². The van der Waals surface area contributed by atoms with Gasteiger partial charge in [0.2, 0.25) is 0 Å². The Morgan fingerprint density at radius 1 is 1.44 bits per heavy atom. The average molecular weight is 228 g/mol. The van der Waals surface area contributed by atoms with E-state index in [9.17, 15) is 20.4 Å². The summed E-state index contributed by atoms with van der Waals surface area (Å²) in [5.41, 5.74) is -1.75. The number of hydrogen-bond acceptors (Lipinski definition) is 4. The van der Waals surface area contributed by atoms with Gasteiger partial charge in [-0.3, -0.25) is 0 Å². The molecule has 92 valence electrons. The first-order valence-electron chi connectivity index (χ1n) is 5.34. The summed E-state index contributed by atoms with van der Waals surface area (Å²) in [6, 6.07) is 0. The van der Waals surface area contributed by atoms with E-state index in [-0.39, 0.29) is 6.42 Å². The van der Waals surface area contributed by atoms with Gasteiger partial charge >= 0.3 is 0 Å². The van der Waals surface area contributed by atoms with Crippen molar-refractivity contribution in [1.82, 2.24) is 0 Å². The molecule has 0 amide bonds. The standard InChI is InChI=1S/C12H20O4/c1-11(2,15)5-4-8-6-10(14)12(3,16)7-9(8)13/h4-6,9-10,13-16H,7H2,1-3H3/b5-4+/t9-,10-,12+/m0/s1. The molecule has 0 saturated heterocycles. The van der Waals surface area contributed by atoms with Crippen LogP contribution in [0.25, 0.3) is 0 Å². The molecular weight excluding hydrogens is 208 g/mol. The van der Waals surface area contributed by atoms with Crippen molar-refractivity contribution in [1.29, 1.82) is 0 Å². The van der Waals surface area contributed by atoms with Crippen molar-refractivity contribution in [3.63, 3.8) is 0 Å². The van der Waals surface area contributed by atoms with Gasteiger partial charge in [0, 0.05) is 6.42 Å². The summed E-state index contributed by atoms with van der Waals surface area (Å²) in [6.45, 7) is 4.71. The molecule has 0 aromatic carbocycles. The Hall–Kier alpha value is -0.680. The van der Waals surface area contributed by atoms with Crippen LogP contribution in [-0.2, 0) is 0 Å². The van der Waals surface area contributed by atoms with Gasteiger partial charge in [-0.25, -0.2) is 0 Å². The lowest BCUT2D eigenvalue weighted by atomic mass is 9.82. The molecule has 1 aliphatic rings. The van der Waals surface area contributed by atoms with Crippen LogP contribution < -0.4 is 0 Å². The maximum absolute atomic E-state index is 9.75. The first-order chi connectivity index (χ1) is 7.12. The molecule has 0 heterocycles. The van der Waals surface area contributed by atoms with E-state index in [2.05, 4.69) is 0 Å². The van der Waals surface area contributed by atoms with Gasteiger partial charge in [-0.2, -0.15) is 0 Å². The molecule has 0 bridgehead atoms. The lowest BCUT2D eigenvalue weighted by Gasteiger charge is -2.34. The van der Waals surface area contributed by atoms with Gasteiger partial charge in [0.15, 0.2) is 0 Å². The van der Waals surface area contributed by atoms with E-state index >= 15 is 0 Å². The molecular formula is C12H20O4. The first-order valence-corrected chi connectivity index (χ1v) is 5.34. The minimum absolute atomic E-state index is 0.0796. The normalized spacial score (nSPS) is 36.6. The maximum atomic E-state index is 9.75. The Morgan fingerprint density at radius 2 is 2.00 bits per heavy atom. The Kier molecular flexibility index (Phi) is 3.59. The van der Waals surface area contributed by atoms with Crippen molar-refractivity contribution in [2.45, 2.75) is 50.6 Å². The van der Waals surface area contributed by atoms with Gasteiger partial charge in [0.05, 0.1) is 17.3 Å². The van der Waals surface area contributed by atoms with E-state index < -0.39 is 23.4 Å². The Labute approximate surface area is 95.5 Å². The summed E-state index contributed by atoms with van der Waals surface area (Å²) in [4.78, 5) is 0. The van der Waals surface area contributed by atoms with Crippen LogP contribution in [0.3, 0.4) is 0 Å². The van der Waals surface area contributed by atoms with Crippen LogP contribution >= 0.6 is 0 Å². The number of aliphatic hydroxyl groups is 4. The maximum Gasteiger partial charge on any atom is 0.101 e. The van der Waals surface area contributed by atoms with Gasteiger partial charge in [-0.1, -0.05) is 12.2 Å². The second-order valence-electron chi connectivity index (χ2n) is 5.18. The smallest absolute Gasteiger partial charge is 0.101 e. The molecule has 0 aliphatic heterocycles. The predicted molar refractivity (Wildman–Crippen MR) is 60.8 cm³/mol. The molecule has 0 unspecified atom stereocenters. The lowest BCUT2D eigenvalue weighted by Crippen LogP contribution is -2.45. The molecule has 16 heavy (non-hydrogen) atoms. The fraction of sp³-hybridized carbons (Fsp3) is 0.667. The zero-order valence-corrected chi connectivity index (χ0v) is 9.88. The van der Waals surface area contributed by atoms with Gasteiger partial charge in [0.1, 0.15) is 6.10 Å². The topological polar surface area (TPSA) is 80.9 Å². The fourth-order valence-electron chi connectivity index (χ4n) is 1.57. The quantitative estimate of drug-likeness (QED) is 0.541. The van der Waals surface area contributed by atoms with Crippen LogP contribution in [-0.4, -0.2) is 43.8 Å². The van der Waals surface area contributed by atoms with Crippen molar-refractivity contribution in [3.8, 4) is 0 Å². The second kappa shape index (κ2) is 4.30. The molecule has 1 aliphatic carbocycles. The third-order valence-corrected chi connectivity index (χ3v) is 2.66. The molecule has 0 aromatic heterocycles. The van der Waals surface area contributed by atoms with Crippen LogP contribution in [0.1, 0.15) is 27.2 Å². The average Bonchev–Trinajstić information content (AvgIpc) is 2.07. The Bertz CT molecular complexity index is 309.